The maximum atomic E-state index is 12.2. The molecule has 7 heteroatoms. The Balaban J connectivity index is 2.06. The standard InChI is InChI=1S/C16H10F3NO3/c17-16(18,19)23-10-7-5-9(6-8-10)14-13(15(21)22)11-3-1-2-4-12(11)20-14/h1-8,20H,(H,21,22). The number of benzene rings is 2. The molecule has 2 N–H and O–H groups in total. The van der Waals surface area contributed by atoms with Crippen molar-refractivity contribution in [2.45, 2.75) is 6.36 Å². The third-order valence-corrected chi connectivity index (χ3v) is 3.30. The van der Waals surface area contributed by atoms with Crippen LogP contribution in [0.25, 0.3) is 22.2 Å². The van der Waals surface area contributed by atoms with Crippen molar-refractivity contribution in [2.24, 2.45) is 0 Å². The first-order valence-corrected chi connectivity index (χ1v) is 6.55. The normalized spacial score (nSPS) is 11.6. The Kier molecular flexibility index (Phi) is 3.48. The molecule has 3 rings (SSSR count). The van der Waals surface area contributed by atoms with Crippen LogP contribution in [0.4, 0.5) is 13.2 Å². The molecule has 118 valence electrons. The maximum absolute atomic E-state index is 12.2. The molecule has 1 heterocycles. The quantitative estimate of drug-likeness (QED) is 0.750. The van der Waals surface area contributed by atoms with Gasteiger partial charge in [-0.3, -0.25) is 0 Å². The molecule has 1 aromatic heterocycles. The fourth-order valence-electron chi connectivity index (χ4n) is 2.40. The number of rotatable bonds is 3. The molecule has 0 aliphatic carbocycles. The maximum Gasteiger partial charge on any atom is 0.573 e. The van der Waals surface area contributed by atoms with Crippen LogP contribution in [0, 0.1) is 0 Å². The molecule has 0 unspecified atom stereocenters. The van der Waals surface area contributed by atoms with Crippen LogP contribution in [0.2, 0.25) is 0 Å². The number of carboxylic acids is 1. The van der Waals surface area contributed by atoms with Gasteiger partial charge >= 0.3 is 12.3 Å². The van der Waals surface area contributed by atoms with Crippen LogP contribution in [0.1, 0.15) is 10.4 Å². The third kappa shape index (κ3) is 2.98. The summed E-state index contributed by atoms with van der Waals surface area (Å²) in [5.74, 6) is -1.48. The van der Waals surface area contributed by atoms with Gasteiger partial charge in [-0.1, -0.05) is 18.2 Å². The first kappa shape index (κ1) is 15.0. The van der Waals surface area contributed by atoms with Crippen LogP contribution < -0.4 is 4.74 Å². The average molecular weight is 321 g/mol. The van der Waals surface area contributed by atoms with Crippen LogP contribution in [-0.2, 0) is 0 Å². The predicted molar refractivity (Wildman–Crippen MR) is 77.4 cm³/mol. The van der Waals surface area contributed by atoms with Crippen molar-refractivity contribution in [3.63, 3.8) is 0 Å². The highest BCUT2D eigenvalue weighted by molar-refractivity contribution is 6.09. The topological polar surface area (TPSA) is 62.3 Å². The van der Waals surface area contributed by atoms with E-state index in [2.05, 4.69) is 9.72 Å². The van der Waals surface area contributed by atoms with E-state index < -0.39 is 12.3 Å². The Morgan fingerprint density at radius 3 is 2.30 bits per heavy atom. The van der Waals surface area contributed by atoms with Gasteiger partial charge < -0.3 is 14.8 Å². The zero-order valence-electron chi connectivity index (χ0n) is 11.5. The minimum Gasteiger partial charge on any atom is -0.478 e. The average Bonchev–Trinajstić information content (AvgIpc) is 2.85. The summed E-state index contributed by atoms with van der Waals surface area (Å²) in [4.78, 5) is 14.5. The minimum absolute atomic E-state index is 0.0742. The lowest BCUT2D eigenvalue weighted by atomic mass is 10.1. The van der Waals surface area contributed by atoms with Crippen molar-refractivity contribution in [3.8, 4) is 17.0 Å². The lowest BCUT2D eigenvalue weighted by molar-refractivity contribution is -0.274. The first-order valence-electron chi connectivity index (χ1n) is 6.55. The summed E-state index contributed by atoms with van der Waals surface area (Å²) < 4.78 is 40.3. The largest absolute Gasteiger partial charge is 0.573 e. The van der Waals surface area contributed by atoms with E-state index in [0.29, 0.717) is 22.2 Å². The smallest absolute Gasteiger partial charge is 0.478 e. The van der Waals surface area contributed by atoms with E-state index in [1.807, 2.05) is 0 Å². The molecule has 0 atom stereocenters. The van der Waals surface area contributed by atoms with Crippen molar-refractivity contribution in [1.29, 1.82) is 0 Å². The van der Waals surface area contributed by atoms with E-state index in [0.717, 1.165) is 12.1 Å². The number of H-pyrrole nitrogens is 1. The molecule has 0 bridgehead atoms. The van der Waals surface area contributed by atoms with Crippen LogP contribution in [0.3, 0.4) is 0 Å². The molecule has 0 spiro atoms. The summed E-state index contributed by atoms with van der Waals surface area (Å²) in [7, 11) is 0. The van der Waals surface area contributed by atoms with Gasteiger partial charge in [0.2, 0.25) is 0 Å². The van der Waals surface area contributed by atoms with Gasteiger partial charge in [0.05, 0.1) is 11.3 Å². The Morgan fingerprint density at radius 2 is 1.70 bits per heavy atom. The zero-order valence-corrected chi connectivity index (χ0v) is 11.5. The van der Waals surface area contributed by atoms with Gasteiger partial charge in [0.1, 0.15) is 5.75 Å². The third-order valence-electron chi connectivity index (χ3n) is 3.30. The van der Waals surface area contributed by atoms with Crippen LogP contribution in [0.15, 0.2) is 48.5 Å². The molecular weight excluding hydrogens is 311 g/mol. The molecule has 4 nitrogen and oxygen atoms in total. The van der Waals surface area contributed by atoms with Gasteiger partial charge in [0, 0.05) is 10.9 Å². The second-order valence-electron chi connectivity index (χ2n) is 4.80. The number of ether oxygens (including phenoxy) is 1. The van der Waals surface area contributed by atoms with Gasteiger partial charge in [0.25, 0.3) is 0 Å². The van der Waals surface area contributed by atoms with E-state index >= 15 is 0 Å². The number of hydrogen-bond acceptors (Lipinski definition) is 2. The second kappa shape index (κ2) is 5.35. The fourth-order valence-corrected chi connectivity index (χ4v) is 2.40. The Hall–Kier alpha value is -2.96. The van der Waals surface area contributed by atoms with Gasteiger partial charge in [-0.15, -0.1) is 13.2 Å². The van der Waals surface area contributed by atoms with Crippen molar-refractivity contribution in [1.82, 2.24) is 4.98 Å². The summed E-state index contributed by atoms with van der Waals surface area (Å²) in [5.41, 5.74) is 1.49. The molecule has 23 heavy (non-hydrogen) atoms. The molecule has 0 saturated heterocycles. The van der Waals surface area contributed by atoms with Gasteiger partial charge in [-0.05, 0) is 35.9 Å². The Morgan fingerprint density at radius 1 is 1.04 bits per heavy atom. The van der Waals surface area contributed by atoms with E-state index in [1.165, 1.54) is 12.1 Å². The number of para-hydroxylation sites is 1. The number of alkyl halides is 3. The first-order chi connectivity index (χ1) is 10.8. The van der Waals surface area contributed by atoms with E-state index in [1.54, 1.807) is 24.3 Å². The monoisotopic (exact) mass is 321 g/mol. The van der Waals surface area contributed by atoms with Crippen LogP contribution in [0.5, 0.6) is 5.75 Å². The van der Waals surface area contributed by atoms with Gasteiger partial charge in [0.15, 0.2) is 0 Å². The summed E-state index contributed by atoms with van der Waals surface area (Å²) in [6.07, 6.45) is -4.77. The number of fused-ring (bicyclic) bond motifs is 1. The number of carbonyl (C=O) groups is 1. The SMILES string of the molecule is O=C(O)c1c(-c2ccc(OC(F)(F)F)cc2)[nH]c2ccccc12. The van der Waals surface area contributed by atoms with E-state index in [-0.39, 0.29) is 11.3 Å². The highest BCUT2D eigenvalue weighted by Gasteiger charge is 2.31. The second-order valence-corrected chi connectivity index (χ2v) is 4.80. The molecule has 0 aliphatic rings. The Bertz CT molecular complexity index is 866. The van der Waals surface area contributed by atoms with E-state index in [4.69, 9.17) is 0 Å². The minimum atomic E-state index is -4.77. The summed E-state index contributed by atoms with van der Waals surface area (Å²) in [6, 6.07) is 11.9. The highest BCUT2D eigenvalue weighted by atomic mass is 19.4. The van der Waals surface area contributed by atoms with Gasteiger partial charge in [-0.2, -0.15) is 0 Å². The summed E-state index contributed by atoms with van der Waals surface area (Å²) in [6.45, 7) is 0. The molecule has 0 saturated carbocycles. The van der Waals surface area contributed by atoms with Crippen molar-refractivity contribution < 1.29 is 27.8 Å². The number of nitrogens with one attached hydrogen (secondary N) is 1. The van der Waals surface area contributed by atoms with Crippen molar-refractivity contribution >= 4 is 16.9 Å². The van der Waals surface area contributed by atoms with Crippen molar-refractivity contribution in [3.05, 3.63) is 54.1 Å². The summed E-state index contributed by atoms with van der Waals surface area (Å²) >= 11 is 0. The number of halogens is 3. The molecule has 0 fully saturated rings. The zero-order chi connectivity index (χ0) is 16.6. The number of hydrogen-bond donors (Lipinski definition) is 2. The Labute approximate surface area is 128 Å². The molecule has 0 radical (unpaired) electrons. The number of aromatic amines is 1. The van der Waals surface area contributed by atoms with Gasteiger partial charge in [-0.25, -0.2) is 4.79 Å². The molecule has 3 aromatic rings. The van der Waals surface area contributed by atoms with Crippen LogP contribution >= 0.6 is 0 Å². The number of aromatic nitrogens is 1. The molecule has 0 aliphatic heterocycles. The summed E-state index contributed by atoms with van der Waals surface area (Å²) in [5, 5.41) is 9.96. The molecule has 2 aromatic carbocycles. The lowest BCUT2D eigenvalue weighted by Gasteiger charge is -2.09. The number of carboxylic acid groups (broad SMARTS) is 1. The van der Waals surface area contributed by atoms with E-state index in [9.17, 15) is 23.1 Å². The van der Waals surface area contributed by atoms with Crippen molar-refractivity contribution in [2.75, 3.05) is 0 Å². The number of aromatic carboxylic acids is 1. The predicted octanol–water partition coefficient (Wildman–Crippen LogP) is 4.43. The fraction of sp³-hybridized carbons (Fsp3) is 0.0625. The highest BCUT2D eigenvalue weighted by Crippen LogP contribution is 2.32. The molecular formula is C16H10F3NO3. The molecule has 0 amide bonds. The lowest BCUT2D eigenvalue weighted by Crippen LogP contribution is -2.16. The van der Waals surface area contributed by atoms with Crippen LogP contribution in [-0.4, -0.2) is 22.4 Å².